The largest absolute Gasteiger partial charge is 0.309 e. The van der Waals surface area contributed by atoms with E-state index in [-0.39, 0.29) is 11.9 Å². The molecule has 0 bridgehead atoms. The zero-order valence-electron chi connectivity index (χ0n) is 12.1. The molecule has 3 heteroatoms. The second-order valence-corrected chi connectivity index (χ2v) is 6.60. The Morgan fingerprint density at radius 1 is 1.19 bits per heavy atom. The summed E-state index contributed by atoms with van der Waals surface area (Å²) in [6, 6.07) is 13.7. The Morgan fingerprint density at radius 2 is 2.00 bits per heavy atom. The van der Waals surface area contributed by atoms with Crippen molar-refractivity contribution in [1.29, 1.82) is 0 Å². The second-order valence-electron chi connectivity index (χ2n) is 5.69. The molecule has 0 amide bonds. The smallest absolute Gasteiger partial charge is 0.129 e. The minimum absolute atomic E-state index is 0.113. The Kier molecular flexibility index (Phi) is 4.41. The molecule has 1 N–H and O–H groups in total. The SMILES string of the molecule is CNC(c1cccc(C2CCC2)c1)c1ccc(Br)cc1F. The van der Waals surface area contributed by atoms with E-state index in [9.17, 15) is 4.39 Å². The molecular formula is C18H19BrFN. The molecule has 1 aliphatic rings. The van der Waals surface area contributed by atoms with E-state index in [1.807, 2.05) is 19.2 Å². The highest BCUT2D eigenvalue weighted by Crippen LogP contribution is 2.37. The summed E-state index contributed by atoms with van der Waals surface area (Å²) in [5, 5.41) is 3.24. The molecule has 1 fully saturated rings. The summed E-state index contributed by atoms with van der Waals surface area (Å²) in [6.07, 6.45) is 3.88. The van der Waals surface area contributed by atoms with Crippen molar-refractivity contribution in [1.82, 2.24) is 5.32 Å². The van der Waals surface area contributed by atoms with Gasteiger partial charge in [-0.2, -0.15) is 0 Å². The van der Waals surface area contributed by atoms with Gasteiger partial charge < -0.3 is 5.32 Å². The van der Waals surface area contributed by atoms with Gasteiger partial charge >= 0.3 is 0 Å². The molecule has 1 saturated carbocycles. The average molecular weight is 348 g/mol. The monoisotopic (exact) mass is 347 g/mol. The molecule has 21 heavy (non-hydrogen) atoms. The Balaban J connectivity index is 1.95. The standard InChI is InChI=1S/C18H19BrFN/c1-21-18(16-9-8-15(19)11-17(16)20)14-7-3-6-13(10-14)12-4-2-5-12/h3,6-12,18,21H,2,4-5H2,1H3. The van der Waals surface area contributed by atoms with Crippen LogP contribution < -0.4 is 5.32 Å². The lowest BCUT2D eigenvalue weighted by Crippen LogP contribution is -2.19. The van der Waals surface area contributed by atoms with Crippen molar-refractivity contribution in [3.8, 4) is 0 Å². The van der Waals surface area contributed by atoms with Gasteiger partial charge in [0.2, 0.25) is 0 Å². The normalized spacial score (nSPS) is 16.5. The third-order valence-electron chi connectivity index (χ3n) is 4.38. The summed E-state index contributed by atoms with van der Waals surface area (Å²) in [4.78, 5) is 0. The molecule has 0 aliphatic heterocycles. The molecular weight excluding hydrogens is 329 g/mol. The van der Waals surface area contributed by atoms with Crippen molar-refractivity contribution in [2.45, 2.75) is 31.2 Å². The third-order valence-corrected chi connectivity index (χ3v) is 4.88. The Hall–Kier alpha value is -1.19. The predicted octanol–water partition coefficient (Wildman–Crippen LogP) is 5.16. The van der Waals surface area contributed by atoms with Crippen molar-refractivity contribution in [2.75, 3.05) is 7.05 Å². The van der Waals surface area contributed by atoms with Gasteiger partial charge in [-0.1, -0.05) is 52.7 Å². The highest BCUT2D eigenvalue weighted by molar-refractivity contribution is 9.10. The van der Waals surface area contributed by atoms with Crippen LogP contribution in [-0.2, 0) is 0 Å². The summed E-state index contributed by atoms with van der Waals surface area (Å²) in [5.74, 6) is 0.509. The van der Waals surface area contributed by atoms with Crippen LogP contribution in [0, 0.1) is 5.82 Å². The summed E-state index contributed by atoms with van der Waals surface area (Å²) in [5.41, 5.74) is 3.20. The maximum atomic E-state index is 14.2. The molecule has 1 nitrogen and oxygen atoms in total. The van der Waals surface area contributed by atoms with Crippen LogP contribution >= 0.6 is 15.9 Å². The first kappa shape index (κ1) is 14.7. The second kappa shape index (κ2) is 6.29. The zero-order chi connectivity index (χ0) is 14.8. The first-order valence-corrected chi connectivity index (χ1v) is 8.20. The zero-order valence-corrected chi connectivity index (χ0v) is 13.7. The first-order valence-electron chi connectivity index (χ1n) is 7.41. The Labute approximate surface area is 133 Å². The fourth-order valence-corrected chi connectivity index (χ4v) is 3.30. The maximum absolute atomic E-state index is 14.2. The fraction of sp³-hybridized carbons (Fsp3) is 0.333. The molecule has 1 unspecified atom stereocenters. The number of halogens is 2. The summed E-state index contributed by atoms with van der Waals surface area (Å²) in [7, 11) is 1.88. The molecule has 0 spiro atoms. The lowest BCUT2D eigenvalue weighted by atomic mass is 9.79. The van der Waals surface area contributed by atoms with Crippen LogP contribution in [-0.4, -0.2) is 7.05 Å². The molecule has 0 heterocycles. The number of hydrogen-bond acceptors (Lipinski definition) is 1. The van der Waals surface area contributed by atoms with Crippen LogP contribution in [0.15, 0.2) is 46.9 Å². The minimum Gasteiger partial charge on any atom is -0.309 e. The van der Waals surface area contributed by atoms with Crippen LogP contribution in [0.5, 0.6) is 0 Å². The maximum Gasteiger partial charge on any atom is 0.129 e. The average Bonchev–Trinajstić information content (AvgIpc) is 2.40. The van der Waals surface area contributed by atoms with Crippen molar-refractivity contribution in [3.63, 3.8) is 0 Å². The van der Waals surface area contributed by atoms with E-state index in [0.717, 1.165) is 10.0 Å². The number of hydrogen-bond donors (Lipinski definition) is 1. The first-order chi connectivity index (χ1) is 10.2. The van der Waals surface area contributed by atoms with Gasteiger partial charge in [0.25, 0.3) is 0 Å². The fourth-order valence-electron chi connectivity index (χ4n) is 2.97. The Morgan fingerprint density at radius 3 is 2.62 bits per heavy atom. The quantitative estimate of drug-likeness (QED) is 0.804. The van der Waals surface area contributed by atoms with Gasteiger partial charge in [-0.25, -0.2) is 4.39 Å². The molecule has 3 rings (SSSR count). The van der Waals surface area contributed by atoms with Crippen LogP contribution in [0.4, 0.5) is 4.39 Å². The van der Waals surface area contributed by atoms with E-state index in [0.29, 0.717) is 11.5 Å². The van der Waals surface area contributed by atoms with Gasteiger partial charge in [0.05, 0.1) is 6.04 Å². The predicted molar refractivity (Wildman–Crippen MR) is 88.0 cm³/mol. The molecule has 1 atom stereocenters. The van der Waals surface area contributed by atoms with Crippen molar-refractivity contribution in [3.05, 3.63) is 69.4 Å². The van der Waals surface area contributed by atoms with E-state index in [1.54, 1.807) is 0 Å². The lowest BCUT2D eigenvalue weighted by Gasteiger charge is -2.27. The minimum atomic E-state index is -0.183. The topological polar surface area (TPSA) is 12.0 Å². The van der Waals surface area contributed by atoms with E-state index in [2.05, 4.69) is 45.5 Å². The molecule has 110 valence electrons. The van der Waals surface area contributed by atoms with Gasteiger partial charge in [0.15, 0.2) is 0 Å². The van der Waals surface area contributed by atoms with Crippen molar-refractivity contribution in [2.24, 2.45) is 0 Å². The number of nitrogens with one attached hydrogen (secondary N) is 1. The van der Waals surface area contributed by atoms with Gasteiger partial charge in [0, 0.05) is 10.0 Å². The number of rotatable bonds is 4. The number of benzene rings is 2. The van der Waals surface area contributed by atoms with E-state index >= 15 is 0 Å². The molecule has 0 radical (unpaired) electrons. The van der Waals surface area contributed by atoms with E-state index < -0.39 is 0 Å². The molecule has 1 aliphatic carbocycles. The highest BCUT2D eigenvalue weighted by Gasteiger charge is 2.22. The van der Waals surface area contributed by atoms with Crippen LogP contribution in [0.3, 0.4) is 0 Å². The summed E-state index contributed by atoms with van der Waals surface area (Å²) >= 11 is 3.31. The third kappa shape index (κ3) is 3.04. The van der Waals surface area contributed by atoms with Crippen molar-refractivity contribution < 1.29 is 4.39 Å². The van der Waals surface area contributed by atoms with Gasteiger partial charge in [-0.3, -0.25) is 0 Å². The van der Waals surface area contributed by atoms with E-state index in [1.165, 1.54) is 30.9 Å². The Bertz CT molecular complexity index is 637. The van der Waals surface area contributed by atoms with Gasteiger partial charge in [-0.05, 0) is 49.1 Å². The van der Waals surface area contributed by atoms with Crippen LogP contribution in [0.1, 0.15) is 47.9 Å². The van der Waals surface area contributed by atoms with E-state index in [4.69, 9.17) is 0 Å². The lowest BCUT2D eigenvalue weighted by molar-refractivity contribution is 0.419. The summed E-state index contributed by atoms with van der Waals surface area (Å²) < 4.78 is 15.0. The molecule has 2 aromatic carbocycles. The van der Waals surface area contributed by atoms with Crippen LogP contribution in [0.25, 0.3) is 0 Å². The van der Waals surface area contributed by atoms with Gasteiger partial charge in [0.1, 0.15) is 5.82 Å². The highest BCUT2D eigenvalue weighted by atomic mass is 79.9. The molecule has 0 saturated heterocycles. The van der Waals surface area contributed by atoms with Crippen LogP contribution in [0.2, 0.25) is 0 Å². The molecule has 2 aromatic rings. The summed E-state index contributed by atoms with van der Waals surface area (Å²) in [6.45, 7) is 0. The molecule has 0 aromatic heterocycles. The van der Waals surface area contributed by atoms with Gasteiger partial charge in [-0.15, -0.1) is 0 Å². The van der Waals surface area contributed by atoms with Crippen molar-refractivity contribution >= 4 is 15.9 Å².